The molecule has 1 aliphatic rings. The minimum absolute atomic E-state index is 0.362. The fraction of sp³-hybridized carbons (Fsp3) is 0.300. The van der Waals surface area contributed by atoms with E-state index in [9.17, 15) is 8.42 Å². The molecule has 2 rings (SSSR count). The van der Waals surface area contributed by atoms with E-state index in [0.717, 1.165) is 6.54 Å². The lowest BCUT2D eigenvalue weighted by Crippen LogP contribution is -2.45. The van der Waals surface area contributed by atoms with Crippen LogP contribution in [0.25, 0.3) is 0 Å². The fourth-order valence-corrected chi connectivity index (χ4v) is 1.50. The van der Waals surface area contributed by atoms with Gasteiger partial charge in [-0.25, -0.2) is 0 Å². The highest BCUT2D eigenvalue weighted by Gasteiger charge is 2.04. The van der Waals surface area contributed by atoms with Gasteiger partial charge in [-0.2, -0.15) is 8.42 Å². The normalized spacial score (nSPS) is 15.1. The first-order chi connectivity index (χ1) is 7.30. The van der Waals surface area contributed by atoms with Gasteiger partial charge in [0.25, 0.3) is 0 Å². The average molecular weight is 226 g/mol. The van der Waals surface area contributed by atoms with E-state index < -0.39 is 10.3 Å². The molecule has 1 aromatic carbocycles. The number of benzene rings is 1. The van der Waals surface area contributed by atoms with Crippen LogP contribution >= 0.6 is 0 Å². The van der Waals surface area contributed by atoms with Crippen molar-refractivity contribution in [1.82, 2.24) is 10.6 Å². The molecule has 0 aromatic heterocycles. The molecule has 0 unspecified atom stereocenters. The zero-order chi connectivity index (χ0) is 10.9. The van der Waals surface area contributed by atoms with Crippen LogP contribution in [0.1, 0.15) is 0 Å². The molecule has 0 aliphatic carbocycles. The van der Waals surface area contributed by atoms with Gasteiger partial charge >= 0.3 is 0 Å². The van der Waals surface area contributed by atoms with Crippen LogP contribution in [0.3, 0.4) is 0 Å². The Labute approximate surface area is 90.9 Å². The second-order valence-corrected chi connectivity index (χ2v) is 3.88. The monoisotopic (exact) mass is 226 g/mol. The third-order valence-corrected chi connectivity index (χ3v) is 2.47. The fourth-order valence-electron chi connectivity index (χ4n) is 1.06. The molecule has 82 valence electrons. The Hall–Kier alpha value is -1.17. The third kappa shape index (κ3) is 5.31. The minimum atomic E-state index is -2.06. The molecule has 0 amide bonds. The summed E-state index contributed by atoms with van der Waals surface area (Å²) in [6.45, 7) is 1.97. The van der Waals surface area contributed by atoms with Gasteiger partial charge in [-0.15, -0.1) is 0 Å². The number of rotatable bonds is 0. The summed E-state index contributed by atoms with van der Waals surface area (Å²) in [4.78, 5) is 0.362. The summed E-state index contributed by atoms with van der Waals surface area (Å²) >= 11 is 0. The summed E-state index contributed by atoms with van der Waals surface area (Å²) in [6.07, 6.45) is 0. The zero-order valence-electron chi connectivity index (χ0n) is 8.31. The van der Waals surface area contributed by atoms with Gasteiger partial charge in [-0.1, -0.05) is 36.4 Å². The van der Waals surface area contributed by atoms with Gasteiger partial charge in [-0.3, -0.25) is 5.32 Å². The molecule has 5 heteroatoms. The number of nitrogens with one attached hydrogen (secondary N) is 2. The Morgan fingerprint density at radius 2 is 1.47 bits per heavy atom. The number of hydrogen-bond donors (Lipinski definition) is 2. The van der Waals surface area contributed by atoms with E-state index in [1.54, 1.807) is 0 Å². The highest BCUT2D eigenvalue weighted by molar-refractivity contribution is 7.72. The lowest BCUT2D eigenvalue weighted by Gasteiger charge is -2.12. The molecule has 0 bridgehead atoms. The van der Waals surface area contributed by atoms with Crippen molar-refractivity contribution in [1.29, 1.82) is 0 Å². The van der Waals surface area contributed by atoms with Crippen LogP contribution in [0, 0.1) is 0 Å². The number of piperazine rings is 1. The molecule has 15 heavy (non-hydrogen) atoms. The van der Waals surface area contributed by atoms with E-state index in [1.807, 2.05) is 36.4 Å². The van der Waals surface area contributed by atoms with Crippen molar-refractivity contribution in [3.05, 3.63) is 36.4 Å². The summed E-state index contributed by atoms with van der Waals surface area (Å²) in [7, 11) is -2.06. The molecule has 0 radical (unpaired) electrons. The van der Waals surface area contributed by atoms with E-state index in [0.29, 0.717) is 18.1 Å². The predicted molar refractivity (Wildman–Crippen MR) is 61.2 cm³/mol. The maximum Gasteiger partial charge on any atom is 0.229 e. The Kier molecular flexibility index (Phi) is 5.69. The highest BCUT2D eigenvalue weighted by atomic mass is 32.2. The van der Waals surface area contributed by atoms with Crippen LogP contribution in [0.2, 0.25) is 0 Å². The second kappa shape index (κ2) is 7.17. The molecule has 0 saturated carbocycles. The summed E-state index contributed by atoms with van der Waals surface area (Å²) < 4.78 is 20.4. The third-order valence-electron chi connectivity index (χ3n) is 1.78. The van der Waals surface area contributed by atoms with Gasteiger partial charge in [0.15, 0.2) is 0 Å². The molecule has 1 saturated heterocycles. The Balaban J connectivity index is 0.000000162. The maximum atomic E-state index is 10.2. The largest absolute Gasteiger partial charge is 0.309 e. The summed E-state index contributed by atoms with van der Waals surface area (Å²) in [5.41, 5.74) is 0. The molecule has 1 aliphatic heterocycles. The van der Waals surface area contributed by atoms with Crippen molar-refractivity contribution in [2.24, 2.45) is 0 Å². The van der Waals surface area contributed by atoms with Crippen molar-refractivity contribution in [3.8, 4) is 0 Å². The Morgan fingerprint density at radius 3 is 1.73 bits per heavy atom. The van der Waals surface area contributed by atoms with Crippen molar-refractivity contribution >= 4 is 15.3 Å². The van der Waals surface area contributed by atoms with Gasteiger partial charge in [0.1, 0.15) is 4.99 Å². The van der Waals surface area contributed by atoms with Crippen molar-refractivity contribution in [2.45, 2.75) is 0 Å². The van der Waals surface area contributed by atoms with Crippen molar-refractivity contribution in [2.75, 3.05) is 19.6 Å². The van der Waals surface area contributed by atoms with Gasteiger partial charge in [-0.05, 0) is 0 Å². The van der Waals surface area contributed by atoms with Gasteiger partial charge in [0.2, 0.25) is 10.3 Å². The zero-order valence-corrected chi connectivity index (χ0v) is 9.13. The molecule has 1 heterocycles. The molecule has 1 fully saturated rings. The van der Waals surface area contributed by atoms with E-state index in [1.165, 1.54) is 0 Å². The Morgan fingerprint density at radius 1 is 0.933 bits per heavy atom. The van der Waals surface area contributed by atoms with Gasteiger partial charge in [0.05, 0.1) is 0 Å². The predicted octanol–water partition coefficient (Wildman–Crippen LogP) is -0.125. The van der Waals surface area contributed by atoms with Gasteiger partial charge < -0.3 is 5.32 Å². The van der Waals surface area contributed by atoms with Crippen LogP contribution in [0.15, 0.2) is 36.4 Å². The summed E-state index contributed by atoms with van der Waals surface area (Å²) in [6, 6.07) is 12.0. The summed E-state index contributed by atoms with van der Waals surface area (Å²) in [5.74, 6) is 0. The van der Waals surface area contributed by atoms with Crippen molar-refractivity contribution in [3.63, 3.8) is 0 Å². The van der Waals surface area contributed by atoms with Gasteiger partial charge in [0, 0.05) is 19.6 Å². The molecule has 1 aromatic rings. The van der Waals surface area contributed by atoms with Crippen molar-refractivity contribution < 1.29 is 8.42 Å². The molecule has 2 N–H and O–H groups in total. The average Bonchev–Trinajstić information content (AvgIpc) is 2.33. The SMILES string of the molecule is O=S(=O)=C1CNCCN1.c1ccccc1. The topological polar surface area (TPSA) is 58.2 Å². The van der Waals surface area contributed by atoms with Crippen LogP contribution in [-0.4, -0.2) is 33.0 Å². The van der Waals surface area contributed by atoms with Crippen LogP contribution in [0.4, 0.5) is 0 Å². The van der Waals surface area contributed by atoms with E-state index in [4.69, 9.17) is 0 Å². The van der Waals surface area contributed by atoms with E-state index >= 15 is 0 Å². The smallest absolute Gasteiger partial charge is 0.229 e. The quantitative estimate of drug-likeness (QED) is 0.605. The minimum Gasteiger partial charge on any atom is -0.309 e. The number of hydrogen-bond acceptors (Lipinski definition) is 3. The lowest BCUT2D eigenvalue weighted by molar-refractivity contribution is 0.622. The summed E-state index contributed by atoms with van der Waals surface area (Å²) in [5, 5.41) is 5.68. The maximum absolute atomic E-state index is 10.2. The highest BCUT2D eigenvalue weighted by Crippen LogP contribution is 1.79. The molecule has 0 atom stereocenters. The first kappa shape index (κ1) is 11.9. The van der Waals surface area contributed by atoms with Crippen LogP contribution in [0.5, 0.6) is 0 Å². The van der Waals surface area contributed by atoms with E-state index in [-0.39, 0.29) is 0 Å². The Bertz CT molecular complexity index is 358. The van der Waals surface area contributed by atoms with Crippen LogP contribution in [-0.2, 0) is 10.3 Å². The van der Waals surface area contributed by atoms with Crippen LogP contribution < -0.4 is 10.6 Å². The first-order valence-electron chi connectivity index (χ1n) is 4.70. The molecule has 0 spiro atoms. The molecule has 4 nitrogen and oxygen atoms in total. The molecular formula is C10H14N2O2S. The van der Waals surface area contributed by atoms with E-state index in [2.05, 4.69) is 10.6 Å². The molecular weight excluding hydrogens is 212 g/mol. The second-order valence-electron chi connectivity index (χ2n) is 2.92. The first-order valence-corrected chi connectivity index (χ1v) is 5.78. The standard InChI is InChI=1S/C6H6.C4H8N2O2S/c1-2-4-6-5-3-1;7-9(8)4-3-5-1-2-6-4/h1-6H;5-6H,1-3H2. The lowest BCUT2D eigenvalue weighted by atomic mass is 10.4.